The molecule has 1 heterocycles. The van der Waals surface area contributed by atoms with Gasteiger partial charge >= 0.3 is 0 Å². The fraction of sp³-hybridized carbons (Fsp3) is 0.0769. The fourth-order valence-electron chi connectivity index (χ4n) is 1.37. The van der Waals surface area contributed by atoms with Crippen molar-refractivity contribution in [3.05, 3.63) is 52.2 Å². The smallest absolute Gasteiger partial charge is 0.262 e. The molecule has 0 atom stereocenters. The van der Waals surface area contributed by atoms with Crippen LogP contribution in [-0.2, 0) is 4.79 Å². The largest absolute Gasteiger partial charge is 0.484 e. The standard InChI is InChI=1S/C13H10BrClN2O2/c14-9-3-1-4-10(7-9)19-8-12(18)17-11-5-2-6-16-13(11)15/h1-7H,8H2,(H,17,18). The number of rotatable bonds is 4. The molecule has 1 amide bonds. The SMILES string of the molecule is O=C(COc1cccc(Br)c1)Nc1cccnc1Cl. The van der Waals surface area contributed by atoms with Crippen molar-refractivity contribution in [2.24, 2.45) is 0 Å². The number of ether oxygens (including phenoxy) is 1. The van der Waals surface area contributed by atoms with Crippen LogP contribution in [0.4, 0.5) is 5.69 Å². The Morgan fingerprint density at radius 3 is 2.95 bits per heavy atom. The van der Waals surface area contributed by atoms with Crippen molar-refractivity contribution in [3.63, 3.8) is 0 Å². The number of aromatic nitrogens is 1. The van der Waals surface area contributed by atoms with Gasteiger partial charge in [0.25, 0.3) is 5.91 Å². The number of hydrogen-bond acceptors (Lipinski definition) is 3. The van der Waals surface area contributed by atoms with E-state index in [1.165, 1.54) is 0 Å². The van der Waals surface area contributed by atoms with Gasteiger partial charge in [-0.1, -0.05) is 33.6 Å². The number of nitrogens with zero attached hydrogens (tertiary/aromatic N) is 1. The molecule has 0 bridgehead atoms. The van der Waals surface area contributed by atoms with Gasteiger partial charge in [0.05, 0.1) is 5.69 Å². The van der Waals surface area contributed by atoms with Gasteiger partial charge in [-0.25, -0.2) is 4.98 Å². The van der Waals surface area contributed by atoms with Crippen molar-refractivity contribution in [1.82, 2.24) is 4.98 Å². The van der Waals surface area contributed by atoms with E-state index in [1.807, 2.05) is 12.1 Å². The van der Waals surface area contributed by atoms with Crippen LogP contribution in [0.3, 0.4) is 0 Å². The van der Waals surface area contributed by atoms with Crippen LogP contribution < -0.4 is 10.1 Å². The lowest BCUT2D eigenvalue weighted by Gasteiger charge is -2.08. The van der Waals surface area contributed by atoms with Gasteiger partial charge < -0.3 is 10.1 Å². The van der Waals surface area contributed by atoms with E-state index in [9.17, 15) is 4.79 Å². The molecular weight excluding hydrogens is 332 g/mol. The fourth-order valence-corrected chi connectivity index (χ4v) is 1.92. The molecule has 1 N–H and O–H groups in total. The van der Waals surface area contributed by atoms with E-state index >= 15 is 0 Å². The van der Waals surface area contributed by atoms with Crippen molar-refractivity contribution in [2.45, 2.75) is 0 Å². The van der Waals surface area contributed by atoms with Crippen LogP contribution in [0.15, 0.2) is 47.1 Å². The first-order chi connectivity index (χ1) is 9.15. The molecule has 0 aliphatic carbocycles. The predicted octanol–water partition coefficient (Wildman–Crippen LogP) is 3.52. The molecule has 6 heteroatoms. The minimum atomic E-state index is -0.296. The molecule has 1 aromatic carbocycles. The van der Waals surface area contributed by atoms with E-state index in [4.69, 9.17) is 16.3 Å². The normalized spacial score (nSPS) is 10.0. The summed E-state index contributed by atoms with van der Waals surface area (Å²) in [5.41, 5.74) is 0.465. The number of carbonyl (C=O) groups excluding carboxylic acids is 1. The van der Waals surface area contributed by atoms with E-state index in [2.05, 4.69) is 26.2 Å². The summed E-state index contributed by atoms with van der Waals surface area (Å²) in [4.78, 5) is 15.6. The Morgan fingerprint density at radius 2 is 2.21 bits per heavy atom. The molecule has 0 saturated heterocycles. The van der Waals surface area contributed by atoms with Crippen LogP contribution in [0.1, 0.15) is 0 Å². The van der Waals surface area contributed by atoms with Gasteiger partial charge in [-0.3, -0.25) is 4.79 Å². The highest BCUT2D eigenvalue weighted by Crippen LogP contribution is 2.19. The quantitative estimate of drug-likeness (QED) is 0.866. The summed E-state index contributed by atoms with van der Waals surface area (Å²) in [6, 6.07) is 10.6. The molecule has 0 spiro atoms. The molecule has 19 heavy (non-hydrogen) atoms. The van der Waals surface area contributed by atoms with Gasteiger partial charge in [-0.15, -0.1) is 0 Å². The highest BCUT2D eigenvalue weighted by molar-refractivity contribution is 9.10. The zero-order chi connectivity index (χ0) is 13.7. The average Bonchev–Trinajstić information content (AvgIpc) is 2.39. The lowest BCUT2D eigenvalue weighted by Crippen LogP contribution is -2.20. The molecular formula is C13H10BrClN2O2. The second-order valence-corrected chi connectivity index (χ2v) is 4.91. The van der Waals surface area contributed by atoms with Crippen molar-refractivity contribution >= 4 is 39.1 Å². The Morgan fingerprint density at radius 1 is 1.37 bits per heavy atom. The lowest BCUT2D eigenvalue weighted by molar-refractivity contribution is -0.118. The molecule has 4 nitrogen and oxygen atoms in total. The minimum Gasteiger partial charge on any atom is -0.484 e. The van der Waals surface area contributed by atoms with Crippen LogP contribution in [-0.4, -0.2) is 17.5 Å². The van der Waals surface area contributed by atoms with Gasteiger partial charge in [-0.05, 0) is 30.3 Å². The lowest BCUT2D eigenvalue weighted by atomic mass is 10.3. The van der Waals surface area contributed by atoms with Crippen molar-refractivity contribution < 1.29 is 9.53 Å². The Kier molecular flexibility index (Phi) is 4.76. The summed E-state index contributed by atoms with van der Waals surface area (Å²) in [6.07, 6.45) is 1.55. The van der Waals surface area contributed by atoms with Gasteiger partial charge in [0, 0.05) is 10.7 Å². The van der Waals surface area contributed by atoms with Crippen LogP contribution >= 0.6 is 27.5 Å². The molecule has 0 radical (unpaired) electrons. The first-order valence-corrected chi connectivity index (χ1v) is 6.61. The van der Waals surface area contributed by atoms with Crippen LogP contribution in [0, 0.1) is 0 Å². The summed E-state index contributed by atoms with van der Waals surface area (Å²) in [7, 11) is 0. The third-order valence-corrected chi connectivity index (χ3v) is 2.99. The Labute approximate surface area is 123 Å². The predicted molar refractivity (Wildman–Crippen MR) is 77.5 cm³/mol. The molecule has 1 aromatic heterocycles. The van der Waals surface area contributed by atoms with Gasteiger partial charge in [0.15, 0.2) is 11.8 Å². The van der Waals surface area contributed by atoms with Gasteiger partial charge in [-0.2, -0.15) is 0 Å². The Hall–Kier alpha value is -1.59. The number of nitrogens with one attached hydrogen (secondary N) is 1. The van der Waals surface area contributed by atoms with E-state index in [1.54, 1.807) is 30.5 Å². The number of amides is 1. The number of carbonyl (C=O) groups is 1. The molecule has 0 aliphatic rings. The van der Waals surface area contributed by atoms with Crippen molar-refractivity contribution in [3.8, 4) is 5.75 Å². The third-order valence-electron chi connectivity index (χ3n) is 2.20. The monoisotopic (exact) mass is 340 g/mol. The molecule has 2 rings (SSSR count). The average molecular weight is 342 g/mol. The molecule has 0 fully saturated rings. The topological polar surface area (TPSA) is 51.2 Å². The first kappa shape index (κ1) is 13.8. The highest BCUT2D eigenvalue weighted by atomic mass is 79.9. The molecule has 98 valence electrons. The van der Waals surface area contributed by atoms with Gasteiger partial charge in [0.1, 0.15) is 5.75 Å². The zero-order valence-corrected chi connectivity index (χ0v) is 12.1. The van der Waals surface area contributed by atoms with E-state index in [0.717, 1.165) is 4.47 Å². The second kappa shape index (κ2) is 6.54. The minimum absolute atomic E-state index is 0.0956. The number of pyridine rings is 1. The number of halogens is 2. The first-order valence-electron chi connectivity index (χ1n) is 5.44. The maximum absolute atomic E-state index is 11.7. The number of hydrogen-bond donors (Lipinski definition) is 1. The molecule has 2 aromatic rings. The maximum Gasteiger partial charge on any atom is 0.262 e. The third kappa shape index (κ3) is 4.22. The number of benzene rings is 1. The van der Waals surface area contributed by atoms with Gasteiger partial charge in [0.2, 0.25) is 0 Å². The zero-order valence-electron chi connectivity index (χ0n) is 9.77. The Bertz CT molecular complexity index is 592. The van der Waals surface area contributed by atoms with E-state index < -0.39 is 0 Å². The summed E-state index contributed by atoms with van der Waals surface area (Å²) in [5, 5.41) is 2.87. The summed E-state index contributed by atoms with van der Waals surface area (Å²) in [6.45, 7) is -0.0956. The highest BCUT2D eigenvalue weighted by Gasteiger charge is 2.07. The van der Waals surface area contributed by atoms with Crippen LogP contribution in [0.2, 0.25) is 5.15 Å². The van der Waals surface area contributed by atoms with E-state index in [0.29, 0.717) is 11.4 Å². The van der Waals surface area contributed by atoms with Crippen molar-refractivity contribution in [2.75, 3.05) is 11.9 Å². The molecule has 0 unspecified atom stereocenters. The summed E-state index contributed by atoms with van der Waals surface area (Å²) >= 11 is 9.16. The molecule has 0 saturated carbocycles. The van der Waals surface area contributed by atoms with Crippen LogP contribution in [0.5, 0.6) is 5.75 Å². The van der Waals surface area contributed by atoms with Crippen molar-refractivity contribution in [1.29, 1.82) is 0 Å². The van der Waals surface area contributed by atoms with Crippen LogP contribution in [0.25, 0.3) is 0 Å². The number of anilines is 1. The Balaban J connectivity index is 1.90. The summed E-state index contributed by atoms with van der Waals surface area (Å²) < 4.78 is 6.24. The second-order valence-electron chi connectivity index (χ2n) is 3.64. The van der Waals surface area contributed by atoms with E-state index in [-0.39, 0.29) is 17.7 Å². The summed E-state index contributed by atoms with van der Waals surface area (Å²) in [5.74, 6) is 0.316. The maximum atomic E-state index is 11.7. The molecule has 0 aliphatic heterocycles.